The van der Waals surface area contributed by atoms with Gasteiger partial charge in [-0.25, -0.2) is 0 Å². The van der Waals surface area contributed by atoms with Crippen LogP contribution in [-0.4, -0.2) is 29.4 Å². The molecule has 0 radical (unpaired) electrons. The lowest BCUT2D eigenvalue weighted by atomic mass is 10.2. The summed E-state index contributed by atoms with van der Waals surface area (Å²) < 4.78 is 0. The fourth-order valence-electron chi connectivity index (χ4n) is 1.79. The van der Waals surface area contributed by atoms with Crippen LogP contribution in [0, 0.1) is 0 Å². The van der Waals surface area contributed by atoms with Crippen molar-refractivity contribution < 1.29 is 4.79 Å². The molecule has 0 aromatic rings. The van der Waals surface area contributed by atoms with Gasteiger partial charge < -0.3 is 10.6 Å². The molecule has 1 aliphatic heterocycles. The Balaban J connectivity index is 0.00000121. The van der Waals surface area contributed by atoms with Gasteiger partial charge in [0.15, 0.2) is 0 Å². The molecule has 0 spiro atoms. The highest BCUT2D eigenvalue weighted by Crippen LogP contribution is 2.22. The van der Waals surface area contributed by atoms with E-state index in [0.717, 1.165) is 12.8 Å². The Morgan fingerprint density at radius 2 is 1.83 bits per heavy atom. The number of likely N-dealkylation sites (tertiary alicyclic amines) is 1. The normalized spacial score (nSPS) is 28.4. The number of hydrogen-bond donors (Lipinski definition) is 1. The van der Waals surface area contributed by atoms with Gasteiger partial charge in [-0.1, -0.05) is 0 Å². The van der Waals surface area contributed by atoms with E-state index in [9.17, 15) is 4.79 Å². The number of rotatable bonds is 1. The molecule has 0 aliphatic carbocycles. The molecule has 12 heavy (non-hydrogen) atoms. The topological polar surface area (TPSA) is 46.3 Å². The zero-order valence-electron chi connectivity index (χ0n) is 7.62. The molecule has 4 heteroatoms. The lowest BCUT2D eigenvalue weighted by Gasteiger charge is -2.25. The van der Waals surface area contributed by atoms with Crippen molar-refractivity contribution >= 4 is 18.3 Å². The summed E-state index contributed by atoms with van der Waals surface area (Å²) in [6, 6.07) is 0.780. The SMILES string of the molecule is CC1CCC(C)N1C(=O)CN.Cl. The Morgan fingerprint density at radius 1 is 1.42 bits per heavy atom. The number of amides is 1. The maximum Gasteiger partial charge on any atom is 0.236 e. The molecule has 0 saturated carbocycles. The van der Waals surface area contributed by atoms with Crippen LogP contribution in [0.1, 0.15) is 26.7 Å². The zero-order valence-corrected chi connectivity index (χ0v) is 8.43. The van der Waals surface area contributed by atoms with E-state index in [1.807, 2.05) is 4.90 Å². The lowest BCUT2D eigenvalue weighted by Crippen LogP contribution is -2.42. The van der Waals surface area contributed by atoms with Crippen LogP contribution in [0.3, 0.4) is 0 Å². The molecular formula is C8H17ClN2O. The van der Waals surface area contributed by atoms with Gasteiger partial charge in [0.05, 0.1) is 6.54 Å². The van der Waals surface area contributed by atoms with Crippen molar-refractivity contribution in [1.82, 2.24) is 4.90 Å². The first-order valence-electron chi connectivity index (χ1n) is 4.18. The smallest absolute Gasteiger partial charge is 0.236 e. The van der Waals surface area contributed by atoms with E-state index in [-0.39, 0.29) is 24.9 Å². The molecule has 2 atom stereocenters. The molecule has 1 fully saturated rings. The highest BCUT2D eigenvalue weighted by atomic mass is 35.5. The molecule has 72 valence electrons. The van der Waals surface area contributed by atoms with E-state index in [4.69, 9.17) is 5.73 Å². The highest BCUT2D eigenvalue weighted by molar-refractivity contribution is 5.85. The monoisotopic (exact) mass is 192 g/mol. The summed E-state index contributed by atoms with van der Waals surface area (Å²) in [6.45, 7) is 4.31. The van der Waals surface area contributed by atoms with E-state index >= 15 is 0 Å². The van der Waals surface area contributed by atoms with E-state index in [1.54, 1.807) is 0 Å². The van der Waals surface area contributed by atoms with Crippen molar-refractivity contribution in [2.24, 2.45) is 5.73 Å². The third-order valence-electron chi connectivity index (χ3n) is 2.41. The molecule has 0 aromatic heterocycles. The van der Waals surface area contributed by atoms with E-state index in [2.05, 4.69) is 13.8 Å². The van der Waals surface area contributed by atoms with Crippen LogP contribution in [0.25, 0.3) is 0 Å². The van der Waals surface area contributed by atoms with Crippen LogP contribution in [0.2, 0.25) is 0 Å². The number of hydrogen-bond acceptors (Lipinski definition) is 2. The minimum atomic E-state index is 0. The predicted octanol–water partition coefficient (Wildman–Crippen LogP) is 0.766. The summed E-state index contributed by atoms with van der Waals surface area (Å²) in [5.41, 5.74) is 5.29. The molecule has 1 saturated heterocycles. The summed E-state index contributed by atoms with van der Waals surface area (Å²) in [4.78, 5) is 13.1. The minimum Gasteiger partial charge on any atom is -0.336 e. The molecule has 2 N–H and O–H groups in total. The second-order valence-corrected chi connectivity index (χ2v) is 3.28. The van der Waals surface area contributed by atoms with Crippen molar-refractivity contribution in [3.63, 3.8) is 0 Å². The lowest BCUT2D eigenvalue weighted by molar-refractivity contribution is -0.131. The Hall–Kier alpha value is -0.280. The van der Waals surface area contributed by atoms with Gasteiger partial charge in [-0.05, 0) is 26.7 Å². The Kier molecular flexibility index (Phi) is 4.57. The van der Waals surface area contributed by atoms with Crippen LogP contribution < -0.4 is 5.73 Å². The van der Waals surface area contributed by atoms with Gasteiger partial charge in [0.1, 0.15) is 0 Å². The fourth-order valence-corrected chi connectivity index (χ4v) is 1.79. The fraction of sp³-hybridized carbons (Fsp3) is 0.875. The average molecular weight is 193 g/mol. The average Bonchev–Trinajstić information content (AvgIpc) is 2.30. The quantitative estimate of drug-likeness (QED) is 0.667. The van der Waals surface area contributed by atoms with Gasteiger partial charge in [-0.3, -0.25) is 4.79 Å². The third kappa shape index (κ3) is 2.11. The van der Waals surface area contributed by atoms with Crippen LogP contribution in [0.15, 0.2) is 0 Å². The molecule has 2 unspecified atom stereocenters. The van der Waals surface area contributed by atoms with Crippen molar-refractivity contribution in [1.29, 1.82) is 0 Å². The molecule has 1 rings (SSSR count). The van der Waals surface area contributed by atoms with Gasteiger partial charge in [-0.15, -0.1) is 12.4 Å². The molecule has 0 aromatic carbocycles. The maximum absolute atomic E-state index is 11.2. The molecule has 0 bridgehead atoms. The van der Waals surface area contributed by atoms with Gasteiger partial charge >= 0.3 is 0 Å². The first-order valence-corrected chi connectivity index (χ1v) is 4.18. The number of nitrogens with two attached hydrogens (primary N) is 1. The van der Waals surface area contributed by atoms with E-state index in [1.165, 1.54) is 0 Å². The number of nitrogens with zero attached hydrogens (tertiary/aromatic N) is 1. The number of halogens is 1. The Bertz CT molecular complexity index is 153. The van der Waals surface area contributed by atoms with Crippen LogP contribution in [-0.2, 0) is 4.79 Å². The summed E-state index contributed by atoms with van der Waals surface area (Å²) in [6.07, 6.45) is 2.24. The van der Waals surface area contributed by atoms with E-state index < -0.39 is 0 Å². The molecular weight excluding hydrogens is 176 g/mol. The van der Waals surface area contributed by atoms with Crippen LogP contribution in [0.5, 0.6) is 0 Å². The van der Waals surface area contributed by atoms with Crippen LogP contribution >= 0.6 is 12.4 Å². The highest BCUT2D eigenvalue weighted by Gasteiger charge is 2.29. The Labute approximate surface area is 79.7 Å². The zero-order chi connectivity index (χ0) is 8.43. The second-order valence-electron chi connectivity index (χ2n) is 3.28. The second kappa shape index (κ2) is 4.67. The first-order chi connectivity index (χ1) is 5.16. The molecule has 1 aliphatic rings. The van der Waals surface area contributed by atoms with Crippen molar-refractivity contribution in [3.05, 3.63) is 0 Å². The number of carbonyl (C=O) groups excluding carboxylic acids is 1. The predicted molar refractivity (Wildman–Crippen MR) is 51.3 cm³/mol. The van der Waals surface area contributed by atoms with Gasteiger partial charge in [0.25, 0.3) is 0 Å². The van der Waals surface area contributed by atoms with E-state index in [0.29, 0.717) is 12.1 Å². The van der Waals surface area contributed by atoms with Gasteiger partial charge in [0.2, 0.25) is 5.91 Å². The summed E-state index contributed by atoms with van der Waals surface area (Å²) >= 11 is 0. The molecule has 1 amide bonds. The third-order valence-corrected chi connectivity index (χ3v) is 2.41. The summed E-state index contributed by atoms with van der Waals surface area (Å²) in [5, 5.41) is 0. The summed E-state index contributed by atoms with van der Waals surface area (Å²) in [7, 11) is 0. The van der Waals surface area contributed by atoms with Gasteiger partial charge in [-0.2, -0.15) is 0 Å². The van der Waals surface area contributed by atoms with Crippen molar-refractivity contribution in [3.8, 4) is 0 Å². The minimum absolute atomic E-state index is 0. The summed E-state index contributed by atoms with van der Waals surface area (Å²) in [5.74, 6) is 0.0856. The van der Waals surface area contributed by atoms with Crippen molar-refractivity contribution in [2.75, 3.05) is 6.54 Å². The van der Waals surface area contributed by atoms with Crippen LogP contribution in [0.4, 0.5) is 0 Å². The maximum atomic E-state index is 11.2. The number of carbonyl (C=O) groups is 1. The molecule has 1 heterocycles. The largest absolute Gasteiger partial charge is 0.336 e. The van der Waals surface area contributed by atoms with Gasteiger partial charge in [0, 0.05) is 12.1 Å². The van der Waals surface area contributed by atoms with Crippen molar-refractivity contribution in [2.45, 2.75) is 38.8 Å². The standard InChI is InChI=1S/C8H16N2O.ClH/c1-6-3-4-7(2)10(6)8(11)5-9;/h6-7H,3-5,9H2,1-2H3;1H. The first kappa shape index (κ1) is 11.7. The molecule has 3 nitrogen and oxygen atoms in total. The Morgan fingerprint density at radius 3 is 2.17 bits per heavy atom.